The number of carbonyl (C=O) groups is 1. The second-order valence-electron chi connectivity index (χ2n) is 6.39. The number of hydrogen-bond donors (Lipinski definition) is 0. The standard InChI is InChI=1S/C21H18Cl2N4O2/c1-14(4-3-11-29-19-8-7-15(12-24)13-25-19)21(28)27-18(9-10-26-27)16-5-2-6-17(22)20(16)23/h2,5-8,10,13,18H,1,3-4,9,11H2. The molecule has 2 heterocycles. The van der Waals surface area contributed by atoms with Crippen LogP contribution in [0, 0.1) is 11.3 Å². The highest BCUT2D eigenvalue weighted by Crippen LogP contribution is 2.37. The van der Waals surface area contributed by atoms with Gasteiger partial charge < -0.3 is 4.74 Å². The molecule has 1 unspecified atom stereocenters. The van der Waals surface area contributed by atoms with Crippen LogP contribution in [-0.2, 0) is 4.79 Å². The van der Waals surface area contributed by atoms with E-state index < -0.39 is 0 Å². The largest absolute Gasteiger partial charge is 0.478 e. The third-order valence-electron chi connectivity index (χ3n) is 4.42. The van der Waals surface area contributed by atoms with E-state index in [1.165, 1.54) is 11.2 Å². The van der Waals surface area contributed by atoms with E-state index in [9.17, 15) is 4.79 Å². The lowest BCUT2D eigenvalue weighted by molar-refractivity contribution is -0.129. The topological polar surface area (TPSA) is 78.6 Å². The van der Waals surface area contributed by atoms with Gasteiger partial charge in [-0.25, -0.2) is 9.99 Å². The number of rotatable bonds is 7. The molecule has 0 bridgehead atoms. The van der Waals surface area contributed by atoms with Crippen LogP contribution in [0.5, 0.6) is 5.88 Å². The van der Waals surface area contributed by atoms with E-state index in [2.05, 4.69) is 16.7 Å². The zero-order valence-electron chi connectivity index (χ0n) is 15.5. The number of hydrogen-bond acceptors (Lipinski definition) is 5. The first-order valence-corrected chi connectivity index (χ1v) is 9.73. The Balaban J connectivity index is 1.53. The maximum absolute atomic E-state index is 12.8. The molecule has 1 atom stereocenters. The molecule has 0 saturated heterocycles. The molecule has 0 spiro atoms. The summed E-state index contributed by atoms with van der Waals surface area (Å²) in [7, 11) is 0. The van der Waals surface area contributed by atoms with Gasteiger partial charge in [-0.2, -0.15) is 10.4 Å². The molecule has 0 fully saturated rings. The second-order valence-corrected chi connectivity index (χ2v) is 7.18. The molecule has 1 amide bonds. The molecule has 1 aliphatic heterocycles. The number of hydrazone groups is 1. The van der Waals surface area contributed by atoms with Gasteiger partial charge in [-0.05, 0) is 30.5 Å². The molecule has 8 heteroatoms. The van der Waals surface area contributed by atoms with Crippen LogP contribution in [0.3, 0.4) is 0 Å². The molecule has 0 radical (unpaired) electrons. The Labute approximate surface area is 179 Å². The quantitative estimate of drug-likeness (QED) is 0.462. The van der Waals surface area contributed by atoms with E-state index in [0.717, 1.165) is 5.56 Å². The summed E-state index contributed by atoms with van der Waals surface area (Å²) < 4.78 is 5.53. The molecular formula is C21H18Cl2N4O2. The zero-order chi connectivity index (χ0) is 20.8. The summed E-state index contributed by atoms with van der Waals surface area (Å²) >= 11 is 12.4. The number of pyridine rings is 1. The van der Waals surface area contributed by atoms with Gasteiger partial charge in [0.15, 0.2) is 0 Å². The van der Waals surface area contributed by atoms with E-state index in [1.807, 2.05) is 12.1 Å². The zero-order valence-corrected chi connectivity index (χ0v) is 17.0. The number of ether oxygens (including phenoxy) is 1. The molecule has 148 valence electrons. The Morgan fingerprint density at radius 3 is 2.90 bits per heavy atom. The maximum atomic E-state index is 12.8. The summed E-state index contributed by atoms with van der Waals surface area (Å²) in [6, 6.07) is 10.3. The number of aromatic nitrogens is 1. The van der Waals surface area contributed by atoms with E-state index in [4.69, 9.17) is 33.2 Å². The summed E-state index contributed by atoms with van der Waals surface area (Å²) in [5, 5.41) is 15.2. The molecular weight excluding hydrogens is 411 g/mol. The van der Waals surface area contributed by atoms with Crippen molar-refractivity contribution in [2.75, 3.05) is 6.61 Å². The molecule has 0 aliphatic carbocycles. The highest BCUT2D eigenvalue weighted by atomic mass is 35.5. The molecule has 2 aromatic rings. The number of nitriles is 1. The van der Waals surface area contributed by atoms with E-state index in [-0.39, 0.29) is 11.9 Å². The molecule has 0 N–H and O–H groups in total. The van der Waals surface area contributed by atoms with Crippen molar-refractivity contribution < 1.29 is 9.53 Å². The fraction of sp³-hybridized carbons (Fsp3) is 0.238. The predicted octanol–water partition coefficient (Wildman–Crippen LogP) is 4.93. The fourth-order valence-corrected chi connectivity index (χ4v) is 3.34. The van der Waals surface area contributed by atoms with Crippen LogP contribution in [0.25, 0.3) is 0 Å². The molecule has 1 aliphatic rings. The second kappa shape index (κ2) is 9.55. The molecule has 0 saturated carbocycles. The lowest BCUT2D eigenvalue weighted by Crippen LogP contribution is -2.28. The monoisotopic (exact) mass is 428 g/mol. The van der Waals surface area contributed by atoms with Gasteiger partial charge in [-0.15, -0.1) is 0 Å². The summed E-state index contributed by atoms with van der Waals surface area (Å²) in [6.07, 6.45) is 4.74. The average molecular weight is 429 g/mol. The van der Waals surface area contributed by atoms with Gasteiger partial charge in [0.25, 0.3) is 5.91 Å². The van der Waals surface area contributed by atoms with Crippen molar-refractivity contribution in [2.45, 2.75) is 25.3 Å². The van der Waals surface area contributed by atoms with Gasteiger partial charge in [-0.1, -0.05) is 41.9 Å². The Bertz CT molecular complexity index is 983. The first kappa shape index (κ1) is 20.8. The Kier molecular flexibility index (Phi) is 6.86. The number of nitrogens with zero attached hydrogens (tertiary/aromatic N) is 4. The minimum absolute atomic E-state index is 0.253. The van der Waals surface area contributed by atoms with Crippen LogP contribution in [0.15, 0.2) is 53.8 Å². The SMILES string of the molecule is C=C(CCCOc1ccc(C#N)cn1)C(=O)N1N=CCC1c1cccc(Cl)c1Cl. The van der Waals surface area contributed by atoms with Crippen molar-refractivity contribution >= 4 is 35.3 Å². The van der Waals surface area contributed by atoms with Gasteiger partial charge in [-0.3, -0.25) is 4.79 Å². The number of halogens is 2. The Hall–Kier alpha value is -2.88. The van der Waals surface area contributed by atoms with Crippen molar-refractivity contribution in [3.05, 3.63) is 69.9 Å². The first-order chi connectivity index (χ1) is 14.0. The fourth-order valence-electron chi connectivity index (χ4n) is 2.91. The summed E-state index contributed by atoms with van der Waals surface area (Å²) in [6.45, 7) is 4.28. The molecule has 29 heavy (non-hydrogen) atoms. The van der Waals surface area contributed by atoms with Gasteiger partial charge >= 0.3 is 0 Å². The average Bonchev–Trinajstić information content (AvgIpc) is 3.22. The summed E-state index contributed by atoms with van der Waals surface area (Å²) in [4.78, 5) is 16.9. The van der Waals surface area contributed by atoms with Crippen LogP contribution in [-0.4, -0.2) is 28.7 Å². The van der Waals surface area contributed by atoms with Gasteiger partial charge in [0.05, 0.1) is 28.3 Å². The smallest absolute Gasteiger partial charge is 0.269 e. The number of benzene rings is 1. The van der Waals surface area contributed by atoms with Crippen LogP contribution < -0.4 is 4.74 Å². The van der Waals surface area contributed by atoms with Crippen LogP contribution in [0.4, 0.5) is 0 Å². The third kappa shape index (κ3) is 4.94. The Morgan fingerprint density at radius 1 is 1.34 bits per heavy atom. The summed E-state index contributed by atoms with van der Waals surface area (Å²) in [5.74, 6) is 0.178. The van der Waals surface area contributed by atoms with Crippen LogP contribution in [0.2, 0.25) is 10.0 Å². The molecule has 1 aromatic carbocycles. The summed E-state index contributed by atoms with van der Waals surface area (Å²) in [5.41, 5.74) is 1.66. The van der Waals surface area contributed by atoms with Crippen molar-refractivity contribution in [1.82, 2.24) is 9.99 Å². The normalized spacial score (nSPS) is 15.2. The molecule has 6 nitrogen and oxygen atoms in total. The number of carbonyl (C=O) groups excluding carboxylic acids is 1. The lowest BCUT2D eigenvalue weighted by atomic mass is 10.0. The van der Waals surface area contributed by atoms with Crippen molar-refractivity contribution in [3.63, 3.8) is 0 Å². The first-order valence-electron chi connectivity index (χ1n) is 8.98. The highest BCUT2D eigenvalue weighted by Gasteiger charge is 2.31. The van der Waals surface area contributed by atoms with Crippen LogP contribution >= 0.6 is 23.2 Å². The third-order valence-corrected chi connectivity index (χ3v) is 5.25. The minimum Gasteiger partial charge on any atom is -0.478 e. The van der Waals surface area contributed by atoms with Gasteiger partial charge in [0.1, 0.15) is 6.07 Å². The lowest BCUT2D eigenvalue weighted by Gasteiger charge is -2.24. The predicted molar refractivity (Wildman–Crippen MR) is 112 cm³/mol. The highest BCUT2D eigenvalue weighted by molar-refractivity contribution is 6.42. The number of amides is 1. The van der Waals surface area contributed by atoms with E-state index >= 15 is 0 Å². The van der Waals surface area contributed by atoms with Crippen molar-refractivity contribution in [2.24, 2.45) is 5.10 Å². The molecule has 1 aromatic heterocycles. The van der Waals surface area contributed by atoms with E-state index in [0.29, 0.717) is 52.9 Å². The van der Waals surface area contributed by atoms with Gasteiger partial charge in [0.2, 0.25) is 5.88 Å². The minimum atomic E-state index is -0.301. The van der Waals surface area contributed by atoms with Crippen molar-refractivity contribution in [3.8, 4) is 11.9 Å². The maximum Gasteiger partial charge on any atom is 0.269 e. The molecule has 3 rings (SSSR count). The van der Waals surface area contributed by atoms with E-state index in [1.54, 1.807) is 30.5 Å². The van der Waals surface area contributed by atoms with Crippen LogP contribution in [0.1, 0.15) is 36.4 Å². The Morgan fingerprint density at radius 2 is 2.17 bits per heavy atom. The van der Waals surface area contributed by atoms with Gasteiger partial charge in [0, 0.05) is 30.5 Å². The van der Waals surface area contributed by atoms with Crippen molar-refractivity contribution in [1.29, 1.82) is 5.26 Å².